The van der Waals surface area contributed by atoms with Crippen LogP contribution in [0.3, 0.4) is 0 Å². The van der Waals surface area contributed by atoms with Crippen molar-refractivity contribution < 1.29 is 0 Å². The van der Waals surface area contributed by atoms with Gasteiger partial charge in [0.2, 0.25) is 0 Å². The van der Waals surface area contributed by atoms with E-state index in [9.17, 15) is 0 Å². The van der Waals surface area contributed by atoms with Gasteiger partial charge < -0.3 is 0 Å². The van der Waals surface area contributed by atoms with Crippen LogP contribution in [0.25, 0.3) is 0 Å². The van der Waals surface area contributed by atoms with Crippen molar-refractivity contribution in [2.24, 2.45) is 0 Å². The Morgan fingerprint density at radius 3 is 1.45 bits per heavy atom. The molecule has 0 aromatic carbocycles. The molecule has 22 heavy (non-hydrogen) atoms. The summed E-state index contributed by atoms with van der Waals surface area (Å²) in [4.78, 5) is 0. The summed E-state index contributed by atoms with van der Waals surface area (Å²) in [6, 6.07) is 0. The van der Waals surface area contributed by atoms with Crippen molar-refractivity contribution in [2.75, 3.05) is 12.3 Å². The third-order valence-corrected chi connectivity index (χ3v) is 8.21. The minimum atomic E-state index is 0.320. The lowest BCUT2D eigenvalue weighted by molar-refractivity contribution is 0.603. The first-order valence-electron chi connectivity index (χ1n) is 10.5. The van der Waals surface area contributed by atoms with Gasteiger partial charge in [-0.15, -0.1) is 7.92 Å². The van der Waals surface area contributed by atoms with Gasteiger partial charge in [-0.05, 0) is 43.7 Å². The number of unbranched alkanes of at least 4 members (excludes halogenated alkanes) is 8. The van der Waals surface area contributed by atoms with Gasteiger partial charge in [-0.1, -0.05) is 91.9 Å². The highest BCUT2D eigenvalue weighted by Gasteiger charge is 2.19. The molecule has 0 fully saturated rings. The topological polar surface area (TPSA) is 0 Å². The van der Waals surface area contributed by atoms with Crippen molar-refractivity contribution in [2.45, 2.75) is 123 Å². The molecule has 1 heteroatoms. The van der Waals surface area contributed by atoms with Gasteiger partial charge in [0.15, 0.2) is 0 Å². The predicted molar refractivity (Wildman–Crippen MR) is 108 cm³/mol. The highest BCUT2D eigenvalue weighted by atomic mass is 31.1. The van der Waals surface area contributed by atoms with Crippen LogP contribution in [0.2, 0.25) is 0 Å². The maximum Gasteiger partial charge on any atom is -0.0209 e. The molecule has 0 aromatic rings. The molecule has 1 atom stereocenters. The number of rotatable bonds is 17. The summed E-state index contributed by atoms with van der Waals surface area (Å²) >= 11 is 0. The Kier molecular flexibility index (Phi) is 18.1. The van der Waals surface area contributed by atoms with Gasteiger partial charge in [0.05, 0.1) is 0 Å². The van der Waals surface area contributed by atoms with Crippen molar-refractivity contribution in [3.8, 4) is 0 Å². The van der Waals surface area contributed by atoms with E-state index in [1.165, 1.54) is 89.9 Å². The molecule has 0 amide bonds. The highest BCUT2D eigenvalue weighted by Crippen LogP contribution is 2.47. The fourth-order valence-electron chi connectivity index (χ4n) is 3.43. The van der Waals surface area contributed by atoms with Crippen LogP contribution >= 0.6 is 7.92 Å². The summed E-state index contributed by atoms with van der Waals surface area (Å²) < 4.78 is 0. The third kappa shape index (κ3) is 12.9. The molecule has 0 spiro atoms. The zero-order chi connectivity index (χ0) is 16.5. The van der Waals surface area contributed by atoms with E-state index in [-0.39, 0.29) is 0 Å². The van der Waals surface area contributed by atoms with Crippen molar-refractivity contribution in [3.05, 3.63) is 0 Å². The van der Waals surface area contributed by atoms with Crippen molar-refractivity contribution in [1.82, 2.24) is 0 Å². The van der Waals surface area contributed by atoms with Crippen molar-refractivity contribution >= 4 is 7.92 Å². The van der Waals surface area contributed by atoms with Crippen molar-refractivity contribution in [3.63, 3.8) is 0 Å². The van der Waals surface area contributed by atoms with E-state index in [0.717, 1.165) is 5.66 Å². The van der Waals surface area contributed by atoms with Crippen LogP contribution in [0.4, 0.5) is 0 Å². The first-order chi connectivity index (χ1) is 10.8. The molecule has 0 N–H and O–H groups in total. The largest absolute Gasteiger partial charge is 0.104 e. The molecular formula is C21H45P. The molecule has 0 nitrogen and oxygen atoms in total. The molecule has 0 bridgehead atoms. The Hall–Kier alpha value is 0.430. The zero-order valence-corrected chi connectivity index (χ0v) is 17.2. The molecule has 0 aromatic heterocycles. The highest BCUT2D eigenvalue weighted by molar-refractivity contribution is 7.58. The molecule has 1 unspecified atom stereocenters. The van der Waals surface area contributed by atoms with Gasteiger partial charge in [0, 0.05) is 0 Å². The Bertz CT molecular complexity index is 190. The summed E-state index contributed by atoms with van der Waals surface area (Å²) in [7, 11) is 0.320. The van der Waals surface area contributed by atoms with E-state index >= 15 is 0 Å². The molecule has 0 saturated carbocycles. The quantitative estimate of drug-likeness (QED) is 0.186. The Morgan fingerprint density at radius 1 is 0.500 bits per heavy atom. The minimum Gasteiger partial charge on any atom is -0.104 e. The first-order valence-corrected chi connectivity index (χ1v) is 12.3. The average Bonchev–Trinajstić information content (AvgIpc) is 2.53. The summed E-state index contributed by atoms with van der Waals surface area (Å²) in [5, 5.41) is 0. The fraction of sp³-hybridized carbons (Fsp3) is 1.00. The van der Waals surface area contributed by atoms with E-state index in [1.54, 1.807) is 12.3 Å². The third-order valence-electron chi connectivity index (χ3n) is 4.88. The second-order valence-electron chi connectivity index (χ2n) is 7.10. The monoisotopic (exact) mass is 328 g/mol. The van der Waals surface area contributed by atoms with Gasteiger partial charge in [-0.2, -0.15) is 0 Å². The average molecular weight is 329 g/mol. The standard InChI is InChI=1S/C21H45P/c1-5-9-12-15-19-22(20-16-13-10-6-2)21(17-8-4)18-14-11-7-3/h21H,5-20H2,1-4H3. The summed E-state index contributed by atoms with van der Waals surface area (Å²) in [5.74, 6) is 0. The molecule has 0 radical (unpaired) electrons. The SMILES string of the molecule is CCCCCCP(CCCCCC)C(CCC)CCCCC. The Labute approximate surface area is 144 Å². The van der Waals surface area contributed by atoms with Crippen LogP contribution < -0.4 is 0 Å². The van der Waals surface area contributed by atoms with Gasteiger partial charge in [-0.25, -0.2) is 0 Å². The smallest absolute Gasteiger partial charge is 0.0209 e. The maximum atomic E-state index is 2.40. The lowest BCUT2D eigenvalue weighted by Gasteiger charge is -2.28. The number of hydrogen-bond acceptors (Lipinski definition) is 0. The minimum absolute atomic E-state index is 0.320. The van der Waals surface area contributed by atoms with Gasteiger partial charge in [-0.3, -0.25) is 0 Å². The Balaban J connectivity index is 4.30. The van der Waals surface area contributed by atoms with Crippen LogP contribution in [0, 0.1) is 0 Å². The molecule has 0 aliphatic rings. The van der Waals surface area contributed by atoms with Crippen LogP contribution in [0.1, 0.15) is 118 Å². The van der Waals surface area contributed by atoms with E-state index in [4.69, 9.17) is 0 Å². The van der Waals surface area contributed by atoms with E-state index in [2.05, 4.69) is 27.7 Å². The van der Waals surface area contributed by atoms with Crippen LogP contribution in [0.15, 0.2) is 0 Å². The summed E-state index contributed by atoms with van der Waals surface area (Å²) in [5.41, 5.74) is 1.09. The summed E-state index contributed by atoms with van der Waals surface area (Å²) in [6.45, 7) is 9.40. The lowest BCUT2D eigenvalue weighted by Crippen LogP contribution is -2.10. The molecule has 0 aliphatic carbocycles. The molecule has 134 valence electrons. The fourth-order valence-corrected chi connectivity index (χ4v) is 6.82. The van der Waals surface area contributed by atoms with Crippen LogP contribution in [-0.2, 0) is 0 Å². The van der Waals surface area contributed by atoms with Gasteiger partial charge in [0.25, 0.3) is 0 Å². The zero-order valence-electron chi connectivity index (χ0n) is 16.3. The van der Waals surface area contributed by atoms with E-state index < -0.39 is 0 Å². The van der Waals surface area contributed by atoms with E-state index in [0.29, 0.717) is 7.92 Å². The van der Waals surface area contributed by atoms with Crippen molar-refractivity contribution in [1.29, 1.82) is 0 Å². The molecule has 0 heterocycles. The normalized spacial score (nSPS) is 13.0. The molecule has 0 rings (SSSR count). The maximum absolute atomic E-state index is 2.40. The predicted octanol–water partition coefficient (Wildman–Crippen LogP) is 8.38. The second kappa shape index (κ2) is 17.8. The van der Waals surface area contributed by atoms with Crippen LogP contribution in [0.5, 0.6) is 0 Å². The number of hydrogen-bond donors (Lipinski definition) is 0. The lowest BCUT2D eigenvalue weighted by atomic mass is 10.1. The molecule has 0 aliphatic heterocycles. The van der Waals surface area contributed by atoms with Gasteiger partial charge in [0.1, 0.15) is 0 Å². The van der Waals surface area contributed by atoms with E-state index in [1.807, 2.05) is 0 Å². The van der Waals surface area contributed by atoms with Gasteiger partial charge >= 0.3 is 0 Å². The Morgan fingerprint density at radius 2 is 1.00 bits per heavy atom. The van der Waals surface area contributed by atoms with Crippen LogP contribution in [-0.4, -0.2) is 18.0 Å². The second-order valence-corrected chi connectivity index (χ2v) is 9.90. The first kappa shape index (κ1) is 22.4. The molecular weight excluding hydrogens is 283 g/mol. The summed E-state index contributed by atoms with van der Waals surface area (Å²) in [6.07, 6.45) is 23.6. The molecule has 0 saturated heterocycles.